The number of thioether (sulfide) groups is 1. The molecule has 1 N–H and O–H groups in total. The molecule has 1 saturated heterocycles. The summed E-state index contributed by atoms with van der Waals surface area (Å²) in [4.78, 5) is 41.3. The average Bonchev–Trinajstić information content (AvgIpc) is 3.26. The van der Waals surface area contributed by atoms with Crippen molar-refractivity contribution in [3.8, 4) is 0 Å². The first kappa shape index (κ1) is 21.2. The van der Waals surface area contributed by atoms with Crippen molar-refractivity contribution >= 4 is 46.5 Å². The Morgan fingerprint density at radius 1 is 1.06 bits per heavy atom. The summed E-state index contributed by atoms with van der Waals surface area (Å²) >= 11 is 1.25. The van der Waals surface area contributed by atoms with Gasteiger partial charge in [0.05, 0.1) is 17.1 Å². The van der Waals surface area contributed by atoms with E-state index in [4.69, 9.17) is 0 Å². The summed E-state index contributed by atoms with van der Waals surface area (Å²) in [5.41, 5.74) is 2.86. The van der Waals surface area contributed by atoms with Crippen molar-refractivity contribution in [2.24, 2.45) is 0 Å². The van der Waals surface area contributed by atoms with E-state index in [1.54, 1.807) is 23.1 Å². The number of hydrogen-bond acceptors (Lipinski definition) is 4. The molecule has 6 nitrogen and oxygen atoms in total. The monoisotopic (exact) mass is 461 g/mol. The lowest BCUT2D eigenvalue weighted by atomic mass is 10.0. The van der Waals surface area contributed by atoms with Crippen molar-refractivity contribution in [2.75, 3.05) is 27.4 Å². The van der Waals surface area contributed by atoms with E-state index in [1.807, 2.05) is 43.3 Å². The number of carbonyl (C=O) groups is 3. The van der Waals surface area contributed by atoms with Crippen LogP contribution in [0.3, 0.4) is 0 Å². The fraction of sp³-hybridized carbons (Fsp3) is 0.160. The molecule has 0 saturated carbocycles. The highest BCUT2D eigenvalue weighted by Crippen LogP contribution is 2.55. The molecule has 1 fully saturated rings. The predicted octanol–water partition coefficient (Wildman–Crippen LogP) is 4.05. The fourth-order valence-corrected chi connectivity index (χ4v) is 5.73. The molecule has 0 aromatic heterocycles. The quantitative estimate of drug-likeness (QED) is 0.637. The summed E-state index contributed by atoms with van der Waals surface area (Å²) < 4.78 is 14.0. The maximum absolute atomic E-state index is 14.0. The highest BCUT2D eigenvalue weighted by molar-refractivity contribution is 8.02. The first-order valence-corrected chi connectivity index (χ1v) is 11.4. The van der Waals surface area contributed by atoms with Crippen molar-refractivity contribution in [3.63, 3.8) is 0 Å². The standard InChI is InChI=1S/C25H20FN3O3S/c1-16-7-6-8-17(13-16)29-23(31)15-33-25(29)18-9-2-5-12-21(18)28(24(25)32)14-22(30)27-20-11-4-3-10-19(20)26/h2-13H,14-15H2,1H3,(H,27,30)/t25-/m1/s1. The number of rotatable bonds is 4. The molecule has 1 atom stereocenters. The van der Waals surface area contributed by atoms with Crippen molar-refractivity contribution in [3.05, 3.63) is 89.7 Å². The number of benzene rings is 3. The molecular weight excluding hydrogens is 441 g/mol. The summed E-state index contributed by atoms with van der Waals surface area (Å²) in [6.45, 7) is 1.62. The number of halogens is 1. The van der Waals surface area contributed by atoms with Crippen molar-refractivity contribution < 1.29 is 18.8 Å². The molecule has 5 rings (SSSR count). The molecule has 0 unspecified atom stereocenters. The second-order valence-corrected chi connectivity index (χ2v) is 9.11. The van der Waals surface area contributed by atoms with Crippen molar-refractivity contribution in [1.29, 1.82) is 0 Å². The van der Waals surface area contributed by atoms with Gasteiger partial charge in [0.1, 0.15) is 12.4 Å². The van der Waals surface area contributed by atoms with Crippen LogP contribution in [0.2, 0.25) is 0 Å². The van der Waals surface area contributed by atoms with E-state index in [0.717, 1.165) is 5.56 Å². The van der Waals surface area contributed by atoms with Crippen LogP contribution in [0, 0.1) is 12.7 Å². The van der Waals surface area contributed by atoms with E-state index in [0.29, 0.717) is 16.9 Å². The molecule has 3 aromatic rings. The van der Waals surface area contributed by atoms with Crippen LogP contribution in [-0.4, -0.2) is 30.0 Å². The number of amides is 3. The number of fused-ring (bicyclic) bond motifs is 2. The minimum absolute atomic E-state index is 0.0453. The second-order valence-electron chi connectivity index (χ2n) is 7.94. The Morgan fingerprint density at radius 2 is 1.82 bits per heavy atom. The molecule has 0 bridgehead atoms. The number of nitrogens with zero attached hydrogens (tertiary/aromatic N) is 2. The highest BCUT2D eigenvalue weighted by atomic mass is 32.2. The Kier molecular flexibility index (Phi) is 5.17. The maximum atomic E-state index is 14.0. The first-order valence-electron chi connectivity index (χ1n) is 10.4. The van der Waals surface area contributed by atoms with Crippen LogP contribution in [0.4, 0.5) is 21.5 Å². The van der Waals surface area contributed by atoms with Crippen molar-refractivity contribution in [1.82, 2.24) is 0 Å². The van der Waals surface area contributed by atoms with Crippen molar-refractivity contribution in [2.45, 2.75) is 11.8 Å². The van der Waals surface area contributed by atoms with E-state index >= 15 is 0 Å². The van der Waals surface area contributed by atoms with Crippen LogP contribution in [-0.2, 0) is 19.3 Å². The van der Waals surface area contributed by atoms with E-state index in [2.05, 4.69) is 5.32 Å². The summed E-state index contributed by atoms with van der Waals surface area (Å²) in [6, 6.07) is 20.5. The van der Waals surface area contributed by atoms with Gasteiger partial charge >= 0.3 is 0 Å². The Morgan fingerprint density at radius 3 is 2.61 bits per heavy atom. The minimum atomic E-state index is -1.29. The van der Waals surface area contributed by atoms with E-state index in [-0.39, 0.29) is 29.8 Å². The largest absolute Gasteiger partial charge is 0.322 e. The van der Waals surface area contributed by atoms with Gasteiger partial charge in [0, 0.05) is 11.3 Å². The van der Waals surface area contributed by atoms with Crippen LogP contribution in [0.1, 0.15) is 11.1 Å². The van der Waals surface area contributed by atoms with Gasteiger partial charge in [-0.15, -0.1) is 11.8 Å². The van der Waals surface area contributed by atoms with Gasteiger partial charge in [-0.25, -0.2) is 4.39 Å². The number of anilines is 3. The summed E-state index contributed by atoms with van der Waals surface area (Å²) in [6.07, 6.45) is 0. The Labute approximate surface area is 194 Å². The third-order valence-corrected chi connectivity index (χ3v) is 7.16. The average molecular weight is 462 g/mol. The Bertz CT molecular complexity index is 1300. The van der Waals surface area contributed by atoms with E-state index in [9.17, 15) is 18.8 Å². The number of aryl methyl sites for hydroxylation is 1. The summed E-state index contributed by atoms with van der Waals surface area (Å²) in [7, 11) is 0. The molecule has 8 heteroatoms. The molecule has 33 heavy (non-hydrogen) atoms. The number of hydrogen-bond donors (Lipinski definition) is 1. The van der Waals surface area contributed by atoms with E-state index < -0.39 is 16.6 Å². The summed E-state index contributed by atoms with van der Waals surface area (Å²) in [5.74, 6) is -1.49. The van der Waals surface area contributed by atoms with Crippen LogP contribution in [0.25, 0.3) is 0 Å². The van der Waals surface area contributed by atoms with Gasteiger partial charge in [0.2, 0.25) is 16.7 Å². The third kappa shape index (κ3) is 3.38. The van der Waals surface area contributed by atoms with Crippen LogP contribution >= 0.6 is 11.8 Å². The number of nitrogens with one attached hydrogen (secondary N) is 1. The molecule has 2 aliphatic heterocycles. The highest BCUT2D eigenvalue weighted by Gasteiger charge is 2.61. The van der Waals surface area contributed by atoms with E-state index in [1.165, 1.54) is 34.9 Å². The molecule has 0 aliphatic carbocycles. The second kappa shape index (κ2) is 8.04. The minimum Gasteiger partial charge on any atom is -0.322 e. The number of carbonyl (C=O) groups excluding carboxylic acids is 3. The molecule has 3 aromatic carbocycles. The Hall–Kier alpha value is -3.65. The lowest BCUT2D eigenvalue weighted by molar-refractivity contribution is -0.124. The molecule has 3 amide bonds. The van der Waals surface area contributed by atoms with Gasteiger partial charge in [-0.1, -0.05) is 42.5 Å². The summed E-state index contributed by atoms with van der Waals surface area (Å²) in [5, 5.41) is 2.53. The normalized spacial score (nSPS) is 19.3. The zero-order valence-electron chi connectivity index (χ0n) is 17.7. The molecule has 166 valence electrons. The zero-order chi connectivity index (χ0) is 23.2. The predicted molar refractivity (Wildman–Crippen MR) is 127 cm³/mol. The van der Waals surface area contributed by atoms with Gasteiger partial charge in [-0.3, -0.25) is 24.2 Å². The van der Waals surface area contributed by atoms with Gasteiger partial charge in [0.25, 0.3) is 5.91 Å². The Balaban J connectivity index is 1.53. The zero-order valence-corrected chi connectivity index (χ0v) is 18.6. The van der Waals surface area contributed by atoms with Crippen LogP contribution in [0.5, 0.6) is 0 Å². The number of para-hydroxylation sites is 2. The smallest absolute Gasteiger partial charge is 0.269 e. The SMILES string of the molecule is Cc1cccc(N2C(=O)CS[C@]23C(=O)N(CC(=O)Nc2ccccc2F)c2ccccc23)c1. The lowest BCUT2D eigenvalue weighted by Gasteiger charge is -2.33. The molecule has 2 heterocycles. The van der Waals surface area contributed by atoms with Crippen LogP contribution < -0.4 is 15.1 Å². The molecule has 1 spiro atoms. The van der Waals surface area contributed by atoms with Gasteiger partial charge in [-0.05, 0) is 42.8 Å². The maximum Gasteiger partial charge on any atom is 0.269 e. The molecular formula is C25H20FN3O3S. The van der Waals surface area contributed by atoms with Crippen LogP contribution in [0.15, 0.2) is 72.8 Å². The van der Waals surface area contributed by atoms with Gasteiger partial charge < -0.3 is 5.32 Å². The topological polar surface area (TPSA) is 69.7 Å². The molecule has 2 aliphatic rings. The van der Waals surface area contributed by atoms with Gasteiger partial charge in [-0.2, -0.15) is 0 Å². The third-order valence-electron chi connectivity index (χ3n) is 5.77. The lowest BCUT2D eigenvalue weighted by Crippen LogP contribution is -2.50. The van der Waals surface area contributed by atoms with Gasteiger partial charge in [0.15, 0.2) is 0 Å². The first-order chi connectivity index (χ1) is 15.9. The molecule has 0 radical (unpaired) electrons. The fourth-order valence-electron chi connectivity index (χ4n) is 4.38.